The van der Waals surface area contributed by atoms with Gasteiger partial charge in [0.1, 0.15) is 40.3 Å². The number of nitrogens with one attached hydrogen (secondary N) is 1. The number of aromatic nitrogens is 4. The largest absolute Gasteiger partial charge is 0.382 e. The second-order valence-electron chi connectivity index (χ2n) is 7.40. The molecule has 178 valence electrons. The highest BCUT2D eigenvalue weighted by atomic mass is 19.2. The van der Waals surface area contributed by atoms with E-state index in [0.29, 0.717) is 6.07 Å². The van der Waals surface area contributed by atoms with Gasteiger partial charge >= 0.3 is 0 Å². The minimum Gasteiger partial charge on any atom is -0.382 e. The van der Waals surface area contributed by atoms with Crippen LogP contribution in [0.2, 0.25) is 0 Å². The van der Waals surface area contributed by atoms with Crippen LogP contribution >= 0.6 is 0 Å². The number of nitrogens with zero attached hydrogens (tertiary/aromatic N) is 5. The van der Waals surface area contributed by atoms with E-state index in [1.54, 1.807) is 6.92 Å². The number of rotatable bonds is 5. The van der Waals surface area contributed by atoms with E-state index >= 15 is 0 Å². The highest BCUT2D eigenvalue weighted by molar-refractivity contribution is 5.79. The van der Waals surface area contributed by atoms with Crippen molar-refractivity contribution in [1.29, 1.82) is 5.26 Å². The molecule has 4 aromatic rings. The van der Waals surface area contributed by atoms with Gasteiger partial charge in [-0.25, -0.2) is 22.5 Å². The van der Waals surface area contributed by atoms with Crippen LogP contribution in [0, 0.1) is 34.6 Å². The van der Waals surface area contributed by atoms with Crippen LogP contribution in [0.25, 0.3) is 16.6 Å². The highest BCUT2D eigenvalue weighted by Gasteiger charge is 2.25. The Morgan fingerprint density at radius 2 is 1.77 bits per heavy atom. The minimum atomic E-state index is -1.46. The summed E-state index contributed by atoms with van der Waals surface area (Å²) in [6, 6.07) is 5.07. The first-order valence-corrected chi connectivity index (χ1v) is 10.1. The Morgan fingerprint density at radius 1 is 1.09 bits per heavy atom. The lowest BCUT2D eigenvalue weighted by molar-refractivity contribution is 0.515. The normalized spacial score (nSPS) is 11.9. The topological polar surface area (TPSA) is 149 Å². The summed E-state index contributed by atoms with van der Waals surface area (Å²) < 4.78 is 57.4. The average molecular weight is 484 g/mol. The van der Waals surface area contributed by atoms with Gasteiger partial charge in [-0.15, -0.1) is 0 Å². The minimum absolute atomic E-state index is 0.0824. The Kier molecular flexibility index (Phi) is 5.96. The first kappa shape index (κ1) is 23.4. The monoisotopic (exact) mass is 484 g/mol. The van der Waals surface area contributed by atoms with E-state index in [1.807, 2.05) is 6.07 Å². The molecular weight excluding hydrogens is 468 g/mol. The van der Waals surface area contributed by atoms with E-state index in [-0.39, 0.29) is 46.6 Å². The number of halogens is 4. The number of anilines is 3. The molecule has 0 spiro atoms. The van der Waals surface area contributed by atoms with E-state index in [2.05, 4.69) is 20.3 Å². The van der Waals surface area contributed by atoms with Crippen LogP contribution in [0.5, 0.6) is 0 Å². The lowest BCUT2D eigenvalue weighted by Gasteiger charge is -2.23. The average Bonchev–Trinajstić information content (AvgIpc) is 2.78. The Bertz CT molecular complexity index is 1560. The molecule has 9 nitrogen and oxygen atoms in total. The molecule has 0 aliphatic heterocycles. The molecule has 1 atom stereocenters. The van der Waals surface area contributed by atoms with Crippen molar-refractivity contribution in [2.75, 3.05) is 16.8 Å². The number of nitrogens with two attached hydrogens (primary N) is 2. The lowest BCUT2D eigenvalue weighted by atomic mass is 10.1. The van der Waals surface area contributed by atoms with Crippen molar-refractivity contribution in [3.63, 3.8) is 0 Å². The summed E-state index contributed by atoms with van der Waals surface area (Å²) in [6.45, 7) is 1.68. The molecule has 0 bridgehead atoms. The standard InChI is InChI=1S/C22H16F4N8O/c1-2-14(30-19-12(8-27)18(28)32-22(29)33-19)20-31-15-4-3-13(25)17(26)16(15)21(35)34(20)11-6-9(23)5-10(24)7-11/h3-7,14H,2H2,1H3,(H5,28,29,30,32,33)/t14-/m0/s1. The van der Waals surface area contributed by atoms with Gasteiger partial charge in [-0.3, -0.25) is 9.36 Å². The van der Waals surface area contributed by atoms with Crippen LogP contribution in [-0.4, -0.2) is 19.5 Å². The molecule has 4 rings (SSSR count). The Morgan fingerprint density at radius 3 is 2.40 bits per heavy atom. The van der Waals surface area contributed by atoms with Crippen molar-refractivity contribution in [2.45, 2.75) is 19.4 Å². The van der Waals surface area contributed by atoms with Crippen LogP contribution in [-0.2, 0) is 0 Å². The Balaban J connectivity index is 2.03. The van der Waals surface area contributed by atoms with Crippen LogP contribution in [0.1, 0.15) is 30.8 Å². The molecule has 0 saturated heterocycles. The van der Waals surface area contributed by atoms with Crippen LogP contribution in [0.3, 0.4) is 0 Å². The summed E-state index contributed by atoms with van der Waals surface area (Å²) in [7, 11) is 0. The molecule has 2 aromatic heterocycles. The van der Waals surface area contributed by atoms with Crippen molar-refractivity contribution >= 4 is 28.5 Å². The summed E-state index contributed by atoms with van der Waals surface area (Å²) in [5, 5.41) is 11.6. The summed E-state index contributed by atoms with van der Waals surface area (Å²) in [5.74, 6) is -5.43. The summed E-state index contributed by atoms with van der Waals surface area (Å²) in [4.78, 5) is 25.4. The van der Waals surface area contributed by atoms with Crippen molar-refractivity contribution in [1.82, 2.24) is 19.5 Å². The number of fused-ring (bicyclic) bond motifs is 1. The van der Waals surface area contributed by atoms with Crippen molar-refractivity contribution < 1.29 is 17.6 Å². The zero-order valence-electron chi connectivity index (χ0n) is 18.0. The predicted octanol–water partition coefficient (Wildman–Crippen LogP) is 3.33. The van der Waals surface area contributed by atoms with Crippen LogP contribution in [0.15, 0.2) is 35.1 Å². The third-order valence-corrected chi connectivity index (χ3v) is 5.16. The zero-order valence-corrected chi connectivity index (χ0v) is 18.0. The maximum Gasteiger partial charge on any atom is 0.269 e. The van der Waals surface area contributed by atoms with E-state index in [4.69, 9.17) is 11.5 Å². The Hall–Kier alpha value is -4.73. The maximum atomic E-state index is 14.6. The van der Waals surface area contributed by atoms with E-state index < -0.39 is 40.3 Å². The van der Waals surface area contributed by atoms with Crippen molar-refractivity contribution in [3.05, 3.63) is 75.3 Å². The maximum absolute atomic E-state index is 14.6. The van der Waals surface area contributed by atoms with Crippen LogP contribution < -0.4 is 22.3 Å². The van der Waals surface area contributed by atoms with Gasteiger partial charge in [0, 0.05) is 6.07 Å². The molecule has 0 aliphatic carbocycles. The quantitative estimate of drug-likeness (QED) is 0.365. The number of hydrogen-bond acceptors (Lipinski definition) is 8. The van der Waals surface area contributed by atoms with Crippen molar-refractivity contribution in [3.8, 4) is 11.8 Å². The fourth-order valence-corrected chi connectivity index (χ4v) is 3.60. The first-order chi connectivity index (χ1) is 16.6. The molecule has 5 N–H and O–H groups in total. The number of nitriles is 1. The van der Waals surface area contributed by atoms with Gasteiger partial charge in [0.25, 0.3) is 5.56 Å². The van der Waals surface area contributed by atoms with Gasteiger partial charge in [0.2, 0.25) is 5.95 Å². The van der Waals surface area contributed by atoms with Crippen LogP contribution in [0.4, 0.5) is 35.1 Å². The molecule has 13 heteroatoms. The molecule has 0 unspecified atom stereocenters. The van der Waals surface area contributed by atoms with Gasteiger partial charge in [0.05, 0.1) is 17.2 Å². The third kappa shape index (κ3) is 4.17. The lowest BCUT2D eigenvalue weighted by Crippen LogP contribution is -2.29. The second-order valence-corrected chi connectivity index (χ2v) is 7.40. The van der Waals surface area contributed by atoms with Gasteiger partial charge in [0.15, 0.2) is 17.5 Å². The number of hydrogen-bond donors (Lipinski definition) is 3. The van der Waals surface area contributed by atoms with Gasteiger partial charge < -0.3 is 16.8 Å². The molecule has 2 heterocycles. The number of benzene rings is 2. The fraction of sp³-hybridized carbons (Fsp3) is 0.136. The Labute approximate surface area is 194 Å². The summed E-state index contributed by atoms with van der Waals surface area (Å²) in [5.41, 5.74) is 9.63. The molecule has 0 fully saturated rings. The smallest absolute Gasteiger partial charge is 0.269 e. The molecule has 2 aromatic carbocycles. The fourth-order valence-electron chi connectivity index (χ4n) is 3.60. The SMILES string of the molecule is CC[C@H](Nc1nc(N)nc(N)c1C#N)c1nc2ccc(F)c(F)c2c(=O)n1-c1cc(F)cc(F)c1. The molecule has 0 saturated carbocycles. The van der Waals surface area contributed by atoms with Crippen molar-refractivity contribution in [2.24, 2.45) is 0 Å². The molecule has 0 radical (unpaired) electrons. The number of nitrogen functional groups attached to an aromatic ring is 2. The molecular formula is C22H16F4N8O. The van der Waals surface area contributed by atoms with Gasteiger partial charge in [-0.1, -0.05) is 6.92 Å². The summed E-state index contributed by atoms with van der Waals surface area (Å²) >= 11 is 0. The second kappa shape index (κ2) is 8.90. The molecule has 35 heavy (non-hydrogen) atoms. The highest BCUT2D eigenvalue weighted by Crippen LogP contribution is 2.28. The zero-order chi connectivity index (χ0) is 25.4. The molecule has 0 aliphatic rings. The first-order valence-electron chi connectivity index (χ1n) is 10.1. The van der Waals surface area contributed by atoms with Gasteiger partial charge in [-0.05, 0) is 30.7 Å². The molecule has 0 amide bonds. The van der Waals surface area contributed by atoms with E-state index in [9.17, 15) is 27.6 Å². The van der Waals surface area contributed by atoms with E-state index in [0.717, 1.165) is 28.8 Å². The summed E-state index contributed by atoms with van der Waals surface area (Å²) in [6.07, 6.45) is 0.189. The van der Waals surface area contributed by atoms with Gasteiger partial charge in [-0.2, -0.15) is 15.2 Å². The predicted molar refractivity (Wildman–Crippen MR) is 119 cm³/mol. The third-order valence-electron chi connectivity index (χ3n) is 5.16. The van der Waals surface area contributed by atoms with E-state index in [1.165, 1.54) is 0 Å².